The minimum absolute atomic E-state index is 0.135. The third kappa shape index (κ3) is 5.67. The van der Waals surface area contributed by atoms with Crippen molar-refractivity contribution >= 4 is 23.7 Å². The normalized spacial score (nSPS) is 10.7. The van der Waals surface area contributed by atoms with Gasteiger partial charge < -0.3 is 14.3 Å². The summed E-state index contributed by atoms with van der Waals surface area (Å²) in [6.45, 7) is 7.25. The molecular weight excluding hydrogens is 340 g/mol. The predicted molar refractivity (Wildman–Crippen MR) is 96.4 cm³/mol. The first kappa shape index (κ1) is 19.1. The molecule has 8 heteroatoms. The molecule has 0 bridgehead atoms. The van der Waals surface area contributed by atoms with Gasteiger partial charge in [0.1, 0.15) is 5.76 Å². The number of imide groups is 1. The second-order valence-corrected chi connectivity index (χ2v) is 6.61. The van der Waals surface area contributed by atoms with Gasteiger partial charge >= 0.3 is 6.03 Å². The lowest BCUT2D eigenvalue weighted by atomic mass is 10.3. The lowest BCUT2D eigenvalue weighted by molar-refractivity contribution is -0.117. The number of aryl methyl sites for hydroxylation is 1. The average molecular weight is 364 g/mol. The fourth-order valence-corrected chi connectivity index (χ4v) is 3.15. The number of hydrogen-bond acceptors (Lipinski definition) is 5. The van der Waals surface area contributed by atoms with Gasteiger partial charge in [-0.25, -0.2) is 9.78 Å². The highest BCUT2D eigenvalue weighted by Gasteiger charge is 2.14. The van der Waals surface area contributed by atoms with Crippen molar-refractivity contribution in [2.75, 3.05) is 5.75 Å². The van der Waals surface area contributed by atoms with Crippen LogP contribution in [0.25, 0.3) is 0 Å². The van der Waals surface area contributed by atoms with Gasteiger partial charge in [-0.1, -0.05) is 25.1 Å². The number of nitrogens with one attached hydrogen (secondary N) is 2. The van der Waals surface area contributed by atoms with Crippen LogP contribution < -0.4 is 10.6 Å². The summed E-state index contributed by atoms with van der Waals surface area (Å²) in [5.41, 5.74) is 2.09. The third-order valence-corrected chi connectivity index (χ3v) is 4.72. The minimum Gasteiger partial charge on any atom is -0.467 e. The summed E-state index contributed by atoms with van der Waals surface area (Å²) >= 11 is 1.34. The Hall–Kier alpha value is -2.22. The molecule has 0 saturated carbocycles. The minimum atomic E-state index is -0.538. The zero-order valence-electron chi connectivity index (χ0n) is 14.8. The molecule has 3 amide bonds. The highest BCUT2D eigenvalue weighted by Crippen LogP contribution is 2.21. The van der Waals surface area contributed by atoms with Gasteiger partial charge in [-0.2, -0.15) is 0 Å². The lowest BCUT2D eigenvalue weighted by Gasteiger charge is -2.09. The average Bonchev–Trinajstić information content (AvgIpc) is 3.19. The summed E-state index contributed by atoms with van der Waals surface area (Å²) in [7, 11) is 0. The molecule has 0 saturated heterocycles. The number of aromatic nitrogens is 2. The van der Waals surface area contributed by atoms with Crippen molar-refractivity contribution in [2.45, 2.75) is 51.9 Å². The Morgan fingerprint density at radius 2 is 2.16 bits per heavy atom. The Morgan fingerprint density at radius 3 is 2.84 bits per heavy atom. The molecule has 0 atom stereocenters. The van der Waals surface area contributed by atoms with Crippen molar-refractivity contribution in [1.82, 2.24) is 20.2 Å². The van der Waals surface area contributed by atoms with Crippen LogP contribution in [0.15, 0.2) is 28.0 Å². The van der Waals surface area contributed by atoms with E-state index in [1.54, 1.807) is 12.1 Å². The summed E-state index contributed by atoms with van der Waals surface area (Å²) in [4.78, 5) is 28.2. The number of urea groups is 1. The second kappa shape index (κ2) is 9.31. The third-order valence-electron chi connectivity index (χ3n) is 3.75. The number of furan rings is 1. The van der Waals surface area contributed by atoms with Gasteiger partial charge in [0.05, 0.1) is 24.3 Å². The lowest BCUT2D eigenvalue weighted by Crippen LogP contribution is -2.39. The smallest absolute Gasteiger partial charge is 0.321 e. The molecule has 25 heavy (non-hydrogen) atoms. The quantitative estimate of drug-likeness (QED) is 0.703. The van der Waals surface area contributed by atoms with Crippen molar-refractivity contribution in [3.8, 4) is 0 Å². The maximum atomic E-state index is 12.0. The van der Waals surface area contributed by atoms with Gasteiger partial charge in [0.15, 0.2) is 5.16 Å². The molecule has 2 rings (SSSR count). The summed E-state index contributed by atoms with van der Waals surface area (Å²) in [6, 6.07) is 2.95. The SMILES string of the molecule is CCCCn1c(SCC(=O)NC(=O)NCc2ccco2)nc(C)c1C. The first-order valence-corrected chi connectivity index (χ1v) is 9.26. The molecule has 0 aliphatic heterocycles. The molecule has 0 fully saturated rings. The summed E-state index contributed by atoms with van der Waals surface area (Å²) < 4.78 is 7.24. The largest absolute Gasteiger partial charge is 0.467 e. The van der Waals surface area contributed by atoms with Crippen LogP contribution in [0, 0.1) is 13.8 Å². The Kier molecular flexibility index (Phi) is 7.12. The van der Waals surface area contributed by atoms with Crippen LogP contribution in [0.5, 0.6) is 0 Å². The summed E-state index contributed by atoms with van der Waals surface area (Å²) in [5, 5.41) is 5.69. The van der Waals surface area contributed by atoms with E-state index < -0.39 is 6.03 Å². The van der Waals surface area contributed by atoms with E-state index in [1.165, 1.54) is 18.0 Å². The zero-order valence-corrected chi connectivity index (χ0v) is 15.6. The Balaban J connectivity index is 1.81. The summed E-state index contributed by atoms with van der Waals surface area (Å²) in [5.74, 6) is 0.402. The monoisotopic (exact) mass is 364 g/mol. The van der Waals surface area contributed by atoms with Crippen LogP contribution in [0.2, 0.25) is 0 Å². The van der Waals surface area contributed by atoms with Gasteiger partial charge in [-0.05, 0) is 32.4 Å². The number of carbonyl (C=O) groups excluding carboxylic acids is 2. The molecule has 136 valence electrons. The molecule has 2 aromatic rings. The molecule has 0 radical (unpaired) electrons. The van der Waals surface area contributed by atoms with Crippen LogP contribution >= 0.6 is 11.8 Å². The molecule has 0 aromatic carbocycles. The van der Waals surface area contributed by atoms with Crippen molar-refractivity contribution in [3.63, 3.8) is 0 Å². The van der Waals surface area contributed by atoms with Gasteiger partial charge in [0.2, 0.25) is 5.91 Å². The zero-order chi connectivity index (χ0) is 18.2. The topological polar surface area (TPSA) is 89.2 Å². The van der Waals surface area contributed by atoms with Gasteiger partial charge in [-0.15, -0.1) is 0 Å². The number of nitrogens with zero attached hydrogens (tertiary/aromatic N) is 2. The van der Waals surface area contributed by atoms with Crippen molar-refractivity contribution in [2.24, 2.45) is 0 Å². The number of carbonyl (C=O) groups is 2. The molecule has 2 aromatic heterocycles. The number of rotatable bonds is 8. The Bertz CT molecular complexity index is 710. The van der Waals surface area contributed by atoms with Crippen LogP contribution in [-0.4, -0.2) is 27.2 Å². The van der Waals surface area contributed by atoms with Gasteiger partial charge in [0, 0.05) is 12.2 Å². The molecule has 0 aliphatic rings. The molecule has 0 aliphatic carbocycles. The number of thioether (sulfide) groups is 1. The van der Waals surface area contributed by atoms with Crippen molar-refractivity contribution in [3.05, 3.63) is 35.5 Å². The van der Waals surface area contributed by atoms with E-state index in [1.807, 2.05) is 13.8 Å². The standard InChI is InChI=1S/C17H24N4O3S/c1-4-5-8-21-13(3)12(2)19-17(21)25-11-15(22)20-16(23)18-10-14-7-6-9-24-14/h6-7,9H,4-5,8,10-11H2,1-3H3,(H2,18,20,22,23). The Morgan fingerprint density at radius 1 is 1.36 bits per heavy atom. The first-order valence-electron chi connectivity index (χ1n) is 8.27. The highest BCUT2D eigenvalue weighted by molar-refractivity contribution is 7.99. The number of unbranched alkanes of at least 4 members (excludes halogenated alkanes) is 1. The maximum Gasteiger partial charge on any atom is 0.321 e. The fourth-order valence-electron chi connectivity index (χ4n) is 2.23. The van der Waals surface area contributed by atoms with Crippen LogP contribution in [0.3, 0.4) is 0 Å². The maximum absolute atomic E-state index is 12.0. The second-order valence-electron chi connectivity index (χ2n) is 5.67. The van der Waals surface area contributed by atoms with Crippen LogP contribution in [0.1, 0.15) is 36.9 Å². The molecule has 0 unspecified atom stereocenters. The molecular formula is C17H24N4O3S. The van der Waals surface area contributed by atoms with E-state index in [9.17, 15) is 9.59 Å². The van der Waals surface area contributed by atoms with E-state index in [0.29, 0.717) is 5.76 Å². The van der Waals surface area contributed by atoms with E-state index in [4.69, 9.17) is 4.42 Å². The van der Waals surface area contributed by atoms with Crippen molar-refractivity contribution < 1.29 is 14.0 Å². The van der Waals surface area contributed by atoms with E-state index in [-0.39, 0.29) is 18.2 Å². The molecule has 2 heterocycles. The fraction of sp³-hybridized carbons (Fsp3) is 0.471. The predicted octanol–water partition coefficient (Wildman–Crippen LogP) is 3.01. The molecule has 0 spiro atoms. The van der Waals surface area contributed by atoms with Crippen molar-refractivity contribution in [1.29, 1.82) is 0 Å². The van der Waals surface area contributed by atoms with Crippen LogP contribution in [0.4, 0.5) is 4.79 Å². The molecule has 7 nitrogen and oxygen atoms in total. The summed E-state index contributed by atoms with van der Waals surface area (Å²) in [6.07, 6.45) is 3.68. The number of hydrogen-bond donors (Lipinski definition) is 2. The Labute approximate surface area is 151 Å². The molecule has 2 N–H and O–H groups in total. The van der Waals surface area contributed by atoms with Gasteiger partial charge in [-0.3, -0.25) is 10.1 Å². The van der Waals surface area contributed by atoms with E-state index in [0.717, 1.165) is 35.9 Å². The van der Waals surface area contributed by atoms with Crippen LogP contribution in [-0.2, 0) is 17.9 Å². The van der Waals surface area contributed by atoms with E-state index >= 15 is 0 Å². The van der Waals surface area contributed by atoms with E-state index in [2.05, 4.69) is 27.1 Å². The highest BCUT2D eigenvalue weighted by atomic mass is 32.2. The number of imidazole rings is 1. The first-order chi connectivity index (χ1) is 12.0. The van der Waals surface area contributed by atoms with Gasteiger partial charge in [0.25, 0.3) is 0 Å². The number of amides is 3.